The van der Waals surface area contributed by atoms with Crippen molar-refractivity contribution in [2.24, 2.45) is 0 Å². The topological polar surface area (TPSA) is 52.4 Å². The number of nitro benzene ring substituents is 1. The number of ether oxygens (including phenoxy) is 1. The van der Waals surface area contributed by atoms with Crippen LogP contribution in [0.5, 0.6) is 5.75 Å². The van der Waals surface area contributed by atoms with Gasteiger partial charge in [-0.1, -0.05) is 17.7 Å². The van der Waals surface area contributed by atoms with Gasteiger partial charge in [0.05, 0.1) is 10.5 Å². The van der Waals surface area contributed by atoms with Crippen LogP contribution in [-0.4, -0.2) is 4.92 Å². The molecule has 0 atom stereocenters. The third-order valence-corrected chi connectivity index (χ3v) is 3.01. The number of benzene rings is 2. The van der Waals surface area contributed by atoms with Crippen LogP contribution in [0.2, 0.25) is 5.02 Å². The molecule has 0 fully saturated rings. The molecule has 0 N–H and O–H groups in total. The van der Waals surface area contributed by atoms with Crippen LogP contribution in [0.15, 0.2) is 36.4 Å². The summed E-state index contributed by atoms with van der Waals surface area (Å²) in [5.74, 6) is -0.0644. The molecule has 0 spiro atoms. The molecule has 0 aromatic heterocycles. The lowest BCUT2D eigenvalue weighted by Gasteiger charge is -2.09. The molecule has 0 aliphatic heterocycles. The number of halogens is 2. The fourth-order valence-electron chi connectivity index (χ4n) is 1.71. The van der Waals surface area contributed by atoms with Crippen molar-refractivity contribution in [1.29, 1.82) is 0 Å². The molecule has 0 unspecified atom stereocenters. The second kappa shape index (κ2) is 5.88. The van der Waals surface area contributed by atoms with Crippen molar-refractivity contribution in [3.63, 3.8) is 0 Å². The number of nitro groups is 1. The Labute approximate surface area is 119 Å². The molecule has 104 valence electrons. The standard InChI is InChI=1S/C14H11ClFNO3/c1-9-2-5-12(16)7-14(9)20-8-10-3-4-11(15)6-13(10)17(18)19/h2-7H,8H2,1H3. The molecule has 4 nitrogen and oxygen atoms in total. The van der Waals surface area contributed by atoms with E-state index in [1.165, 1.54) is 24.3 Å². The van der Waals surface area contributed by atoms with Crippen molar-refractivity contribution in [3.05, 3.63) is 68.5 Å². The number of hydrogen-bond acceptors (Lipinski definition) is 3. The maximum Gasteiger partial charge on any atom is 0.277 e. The second-order valence-electron chi connectivity index (χ2n) is 4.23. The van der Waals surface area contributed by atoms with Gasteiger partial charge in [0, 0.05) is 17.2 Å². The van der Waals surface area contributed by atoms with E-state index in [0.717, 1.165) is 5.56 Å². The third kappa shape index (κ3) is 3.24. The Bertz CT molecular complexity index is 661. The lowest BCUT2D eigenvalue weighted by Crippen LogP contribution is -2.01. The largest absolute Gasteiger partial charge is 0.488 e. The van der Waals surface area contributed by atoms with Gasteiger partial charge in [0.25, 0.3) is 5.69 Å². The van der Waals surface area contributed by atoms with Crippen LogP contribution in [0.3, 0.4) is 0 Å². The van der Waals surface area contributed by atoms with Crippen molar-refractivity contribution in [3.8, 4) is 5.75 Å². The van der Waals surface area contributed by atoms with E-state index < -0.39 is 10.7 Å². The summed E-state index contributed by atoms with van der Waals surface area (Å²) >= 11 is 5.73. The molecule has 0 aliphatic carbocycles. The van der Waals surface area contributed by atoms with Gasteiger partial charge in [0.2, 0.25) is 0 Å². The molecule has 0 amide bonds. The highest BCUT2D eigenvalue weighted by atomic mass is 35.5. The van der Waals surface area contributed by atoms with Crippen LogP contribution in [0, 0.1) is 22.9 Å². The van der Waals surface area contributed by atoms with Gasteiger partial charge in [-0.15, -0.1) is 0 Å². The van der Waals surface area contributed by atoms with Crippen LogP contribution in [0.4, 0.5) is 10.1 Å². The summed E-state index contributed by atoms with van der Waals surface area (Å²) in [6, 6.07) is 8.49. The first kappa shape index (κ1) is 14.3. The zero-order valence-corrected chi connectivity index (χ0v) is 11.4. The monoisotopic (exact) mass is 295 g/mol. The Balaban J connectivity index is 2.23. The SMILES string of the molecule is Cc1ccc(F)cc1OCc1ccc(Cl)cc1[N+](=O)[O-]. The first-order chi connectivity index (χ1) is 9.47. The Kier molecular flexibility index (Phi) is 4.20. The van der Waals surface area contributed by atoms with Crippen LogP contribution in [0.25, 0.3) is 0 Å². The van der Waals surface area contributed by atoms with E-state index in [-0.39, 0.29) is 17.3 Å². The number of rotatable bonds is 4. The lowest BCUT2D eigenvalue weighted by molar-refractivity contribution is -0.385. The minimum absolute atomic E-state index is 0.0300. The Morgan fingerprint density at radius 2 is 2.05 bits per heavy atom. The van der Waals surface area contributed by atoms with E-state index in [0.29, 0.717) is 11.3 Å². The minimum atomic E-state index is -0.525. The molecule has 0 saturated carbocycles. The summed E-state index contributed by atoms with van der Waals surface area (Å²) in [7, 11) is 0. The molecule has 2 aromatic rings. The van der Waals surface area contributed by atoms with Gasteiger partial charge in [-0.25, -0.2) is 4.39 Å². The van der Waals surface area contributed by atoms with Crippen LogP contribution >= 0.6 is 11.6 Å². The minimum Gasteiger partial charge on any atom is -0.488 e. The number of nitrogens with zero attached hydrogens (tertiary/aromatic N) is 1. The lowest BCUT2D eigenvalue weighted by atomic mass is 10.2. The molecule has 2 aromatic carbocycles. The van der Waals surface area contributed by atoms with E-state index in [9.17, 15) is 14.5 Å². The molecule has 0 radical (unpaired) electrons. The molecule has 20 heavy (non-hydrogen) atoms. The smallest absolute Gasteiger partial charge is 0.277 e. The summed E-state index contributed by atoms with van der Waals surface area (Å²) in [4.78, 5) is 10.4. The predicted octanol–water partition coefficient (Wildman–Crippen LogP) is 4.27. The van der Waals surface area contributed by atoms with Crippen LogP contribution in [-0.2, 0) is 6.61 Å². The average molecular weight is 296 g/mol. The molecule has 2 rings (SSSR count). The van der Waals surface area contributed by atoms with Crippen molar-refractivity contribution in [2.75, 3.05) is 0 Å². The van der Waals surface area contributed by atoms with Gasteiger partial charge >= 0.3 is 0 Å². The average Bonchev–Trinajstić information content (AvgIpc) is 2.40. The summed E-state index contributed by atoms with van der Waals surface area (Å²) in [6.07, 6.45) is 0. The zero-order valence-electron chi connectivity index (χ0n) is 10.6. The van der Waals surface area contributed by atoms with E-state index in [4.69, 9.17) is 16.3 Å². The Morgan fingerprint density at radius 1 is 1.30 bits per heavy atom. The van der Waals surface area contributed by atoms with Gasteiger partial charge in [0.15, 0.2) is 0 Å². The van der Waals surface area contributed by atoms with Crippen molar-refractivity contribution >= 4 is 17.3 Å². The van der Waals surface area contributed by atoms with Crippen LogP contribution in [0.1, 0.15) is 11.1 Å². The summed E-state index contributed by atoms with van der Waals surface area (Å²) in [5.41, 5.74) is 1.01. The Morgan fingerprint density at radius 3 is 2.75 bits per heavy atom. The van der Waals surface area contributed by atoms with Gasteiger partial charge in [0.1, 0.15) is 18.2 Å². The highest BCUT2D eigenvalue weighted by Gasteiger charge is 2.15. The van der Waals surface area contributed by atoms with Gasteiger partial charge in [-0.05, 0) is 30.7 Å². The molecule has 0 bridgehead atoms. The quantitative estimate of drug-likeness (QED) is 0.625. The second-order valence-corrected chi connectivity index (χ2v) is 4.67. The normalized spacial score (nSPS) is 10.3. The van der Waals surface area contributed by atoms with Crippen molar-refractivity contribution in [2.45, 2.75) is 13.5 Å². The number of aryl methyl sites for hydroxylation is 1. The van der Waals surface area contributed by atoms with Gasteiger partial charge in [-0.2, -0.15) is 0 Å². The van der Waals surface area contributed by atoms with E-state index >= 15 is 0 Å². The predicted molar refractivity (Wildman–Crippen MR) is 73.6 cm³/mol. The molecular weight excluding hydrogens is 285 g/mol. The van der Waals surface area contributed by atoms with Gasteiger partial charge < -0.3 is 4.74 Å². The maximum atomic E-state index is 13.1. The first-order valence-electron chi connectivity index (χ1n) is 5.79. The summed E-state index contributed by atoms with van der Waals surface area (Å²) in [6.45, 7) is 1.74. The first-order valence-corrected chi connectivity index (χ1v) is 6.17. The van der Waals surface area contributed by atoms with Crippen molar-refractivity contribution in [1.82, 2.24) is 0 Å². The van der Waals surface area contributed by atoms with E-state index in [1.54, 1.807) is 19.1 Å². The maximum absolute atomic E-state index is 13.1. The highest BCUT2D eigenvalue weighted by Crippen LogP contribution is 2.26. The van der Waals surface area contributed by atoms with E-state index in [2.05, 4.69) is 0 Å². The highest BCUT2D eigenvalue weighted by molar-refractivity contribution is 6.30. The van der Waals surface area contributed by atoms with Crippen molar-refractivity contribution < 1.29 is 14.1 Å². The fourth-order valence-corrected chi connectivity index (χ4v) is 1.88. The Hall–Kier alpha value is -2.14. The van der Waals surface area contributed by atoms with Crippen LogP contribution < -0.4 is 4.74 Å². The fraction of sp³-hybridized carbons (Fsp3) is 0.143. The van der Waals surface area contributed by atoms with Gasteiger partial charge in [-0.3, -0.25) is 10.1 Å². The molecule has 6 heteroatoms. The zero-order chi connectivity index (χ0) is 14.7. The molecule has 0 heterocycles. The number of hydrogen-bond donors (Lipinski definition) is 0. The third-order valence-electron chi connectivity index (χ3n) is 2.78. The summed E-state index contributed by atoms with van der Waals surface area (Å²) < 4.78 is 18.6. The molecular formula is C14H11ClFNO3. The molecule has 0 aliphatic rings. The summed E-state index contributed by atoms with van der Waals surface area (Å²) in [5, 5.41) is 11.2. The van der Waals surface area contributed by atoms with E-state index in [1.807, 2.05) is 0 Å². The molecule has 0 saturated heterocycles.